The molecule has 0 bridgehead atoms. The number of para-hydroxylation sites is 2. The zero-order valence-electron chi connectivity index (χ0n) is 27.5. The van der Waals surface area contributed by atoms with Gasteiger partial charge in [0.05, 0.1) is 27.8 Å². The Morgan fingerprint density at radius 2 is 0.981 bits per heavy atom. The lowest BCUT2D eigenvalue weighted by Crippen LogP contribution is -2.04. The van der Waals surface area contributed by atoms with Crippen molar-refractivity contribution in [3.63, 3.8) is 0 Å². The molecule has 0 aliphatic heterocycles. The lowest BCUT2D eigenvalue weighted by Gasteiger charge is -2.12. The molecule has 242 valence electrons. The van der Waals surface area contributed by atoms with Crippen molar-refractivity contribution in [3.05, 3.63) is 152 Å². The Morgan fingerprint density at radius 3 is 1.65 bits per heavy atom. The number of furan rings is 1. The molecule has 5 aromatic heterocycles. The highest BCUT2D eigenvalue weighted by Gasteiger charge is 2.21. The van der Waals surface area contributed by atoms with Gasteiger partial charge in [-0.2, -0.15) is 0 Å². The summed E-state index contributed by atoms with van der Waals surface area (Å²) in [6.07, 6.45) is 0. The number of benzene rings is 7. The highest BCUT2D eigenvalue weighted by atomic mass is 32.1. The van der Waals surface area contributed by atoms with Crippen molar-refractivity contribution in [1.29, 1.82) is 0 Å². The summed E-state index contributed by atoms with van der Waals surface area (Å²) < 4.78 is 13.9. The molecule has 0 saturated carbocycles. The van der Waals surface area contributed by atoms with Crippen molar-refractivity contribution in [2.75, 3.05) is 0 Å². The van der Waals surface area contributed by atoms with Crippen LogP contribution in [0.5, 0.6) is 0 Å². The van der Waals surface area contributed by atoms with Gasteiger partial charge in [-0.25, -0.2) is 9.97 Å². The quantitative estimate of drug-likeness (QED) is 0.184. The van der Waals surface area contributed by atoms with E-state index in [-0.39, 0.29) is 0 Å². The number of aromatic nitrogens is 3. The van der Waals surface area contributed by atoms with Crippen LogP contribution in [0.25, 0.3) is 113 Å². The van der Waals surface area contributed by atoms with Gasteiger partial charge < -0.3 is 4.42 Å². The summed E-state index contributed by atoms with van der Waals surface area (Å²) in [5.74, 6) is 0.625. The first-order valence-corrected chi connectivity index (χ1v) is 18.9. The van der Waals surface area contributed by atoms with E-state index in [2.05, 4.69) is 144 Å². The van der Waals surface area contributed by atoms with E-state index in [0.717, 1.165) is 66.3 Å². The van der Waals surface area contributed by atoms with Crippen LogP contribution in [0.3, 0.4) is 0 Å². The summed E-state index contributed by atoms with van der Waals surface area (Å²) in [4.78, 5) is 10.8. The average molecular weight is 700 g/mol. The molecule has 7 aromatic carbocycles. The summed E-state index contributed by atoms with van der Waals surface area (Å²) in [5, 5.41) is 9.42. The average Bonchev–Trinajstić information content (AvgIpc) is 3.95. The van der Waals surface area contributed by atoms with Gasteiger partial charge in [0.25, 0.3) is 0 Å². The van der Waals surface area contributed by atoms with Crippen molar-refractivity contribution < 1.29 is 4.42 Å². The van der Waals surface area contributed by atoms with Gasteiger partial charge in [0.2, 0.25) is 5.95 Å². The smallest absolute Gasteiger partial charge is 0.235 e. The molecule has 12 aromatic rings. The molecule has 12 rings (SSSR count). The van der Waals surface area contributed by atoms with Crippen molar-refractivity contribution in [1.82, 2.24) is 14.5 Å². The number of fused-ring (bicyclic) bond motifs is 13. The summed E-state index contributed by atoms with van der Waals surface area (Å²) >= 11 is 3.66. The van der Waals surface area contributed by atoms with E-state index >= 15 is 0 Å². The first-order valence-electron chi connectivity index (χ1n) is 17.3. The molecule has 52 heavy (non-hydrogen) atoms. The standard InChI is InChI=1S/C46H25N3OS2/c1-5-13-37-32(12-1)44-38(20-19-31-28-9-2-6-14-39(28)50-45(31)44)49(37)46-47-35(26-17-21-42-33(23-26)29-10-3-7-15-40(29)51-42)25-36(48-46)27-18-22-43-34(24-27)30-11-4-8-16-41(30)52-43/h1-25H. The first-order chi connectivity index (χ1) is 25.7. The Hall–Kier alpha value is -6.34. The number of thiophene rings is 2. The molecule has 0 spiro atoms. The van der Waals surface area contributed by atoms with E-state index in [1.807, 2.05) is 34.8 Å². The fourth-order valence-electron chi connectivity index (χ4n) is 8.05. The molecule has 0 N–H and O–H groups in total. The van der Waals surface area contributed by atoms with Crippen molar-refractivity contribution in [2.24, 2.45) is 0 Å². The van der Waals surface area contributed by atoms with Crippen LogP contribution in [0.2, 0.25) is 0 Å². The first kappa shape index (κ1) is 28.4. The van der Waals surface area contributed by atoms with Crippen LogP contribution < -0.4 is 0 Å². The molecule has 0 fully saturated rings. The van der Waals surface area contributed by atoms with Gasteiger partial charge >= 0.3 is 0 Å². The van der Waals surface area contributed by atoms with Gasteiger partial charge in [-0.1, -0.05) is 84.9 Å². The van der Waals surface area contributed by atoms with Gasteiger partial charge in [-0.05, 0) is 66.7 Å². The Kier molecular flexibility index (Phi) is 5.78. The Morgan fingerprint density at radius 1 is 0.423 bits per heavy atom. The Bertz CT molecular complexity index is 3300. The summed E-state index contributed by atoms with van der Waals surface area (Å²) in [5.41, 5.74) is 7.68. The maximum absolute atomic E-state index is 6.59. The normalized spacial score (nSPS) is 12.2. The van der Waals surface area contributed by atoms with Gasteiger partial charge in [-0.15, -0.1) is 22.7 Å². The molecule has 0 amide bonds. The molecule has 0 radical (unpaired) electrons. The minimum absolute atomic E-state index is 0.625. The van der Waals surface area contributed by atoms with Gasteiger partial charge in [0, 0.05) is 67.6 Å². The number of hydrogen-bond acceptors (Lipinski definition) is 5. The molecule has 0 aliphatic rings. The number of rotatable bonds is 3. The third-order valence-corrected chi connectivity index (χ3v) is 12.7. The number of nitrogens with zero attached hydrogens (tertiary/aromatic N) is 3. The van der Waals surface area contributed by atoms with Gasteiger partial charge in [0.1, 0.15) is 11.2 Å². The van der Waals surface area contributed by atoms with Crippen LogP contribution in [0.4, 0.5) is 0 Å². The lowest BCUT2D eigenvalue weighted by molar-refractivity contribution is 0.673. The highest BCUT2D eigenvalue weighted by Crippen LogP contribution is 2.42. The predicted molar refractivity (Wildman–Crippen MR) is 220 cm³/mol. The Balaban J connectivity index is 1.16. The fraction of sp³-hybridized carbons (Fsp3) is 0. The van der Waals surface area contributed by atoms with Crippen LogP contribution in [0.15, 0.2) is 156 Å². The fourth-order valence-corrected chi connectivity index (χ4v) is 10.2. The molecule has 4 nitrogen and oxygen atoms in total. The maximum atomic E-state index is 6.59. The topological polar surface area (TPSA) is 43.9 Å². The molecule has 0 atom stereocenters. The number of hydrogen-bond donors (Lipinski definition) is 0. The molecule has 0 unspecified atom stereocenters. The van der Waals surface area contributed by atoms with Gasteiger partial charge in [0.15, 0.2) is 0 Å². The van der Waals surface area contributed by atoms with Crippen molar-refractivity contribution >= 4 is 107 Å². The maximum Gasteiger partial charge on any atom is 0.235 e. The third kappa shape index (κ3) is 4.02. The van der Waals surface area contributed by atoms with E-state index in [9.17, 15) is 0 Å². The monoisotopic (exact) mass is 699 g/mol. The second kappa shape index (κ2) is 10.6. The third-order valence-electron chi connectivity index (χ3n) is 10.4. The second-order valence-corrected chi connectivity index (χ2v) is 15.5. The second-order valence-electron chi connectivity index (χ2n) is 13.3. The molecule has 0 aliphatic carbocycles. The molecule has 6 heteroatoms. The van der Waals surface area contributed by atoms with Gasteiger partial charge in [-0.3, -0.25) is 4.57 Å². The SMILES string of the molecule is c1ccc2c(c1)oc1c2ccc2c1c1ccccc1n2-c1nc(-c2ccc3sc4ccccc4c3c2)cc(-c2ccc3sc4ccccc4c3c2)n1. The Labute approximate surface area is 304 Å². The lowest BCUT2D eigenvalue weighted by atomic mass is 10.0. The van der Waals surface area contributed by atoms with Crippen molar-refractivity contribution in [2.45, 2.75) is 0 Å². The van der Waals surface area contributed by atoms with Crippen LogP contribution in [-0.2, 0) is 0 Å². The molecular formula is C46H25N3OS2. The summed E-state index contributed by atoms with van der Waals surface area (Å²) in [7, 11) is 0. The van der Waals surface area contributed by atoms with E-state index < -0.39 is 0 Å². The van der Waals surface area contributed by atoms with Crippen LogP contribution in [-0.4, -0.2) is 14.5 Å². The van der Waals surface area contributed by atoms with Crippen LogP contribution in [0, 0.1) is 0 Å². The van der Waals surface area contributed by atoms with E-state index in [4.69, 9.17) is 14.4 Å². The van der Waals surface area contributed by atoms with Crippen LogP contribution in [0.1, 0.15) is 0 Å². The van der Waals surface area contributed by atoms with Crippen LogP contribution >= 0.6 is 22.7 Å². The largest absolute Gasteiger partial charge is 0.455 e. The van der Waals surface area contributed by atoms with Crippen molar-refractivity contribution in [3.8, 4) is 28.5 Å². The predicted octanol–water partition coefficient (Wildman–Crippen LogP) is 13.5. The van der Waals surface area contributed by atoms with E-state index in [1.54, 1.807) is 0 Å². The minimum Gasteiger partial charge on any atom is -0.455 e. The minimum atomic E-state index is 0.625. The zero-order chi connectivity index (χ0) is 33.9. The summed E-state index contributed by atoms with van der Waals surface area (Å²) in [6, 6.07) is 54.1. The van der Waals surface area contributed by atoms with E-state index in [1.165, 1.54) is 40.3 Å². The molecule has 0 saturated heterocycles. The zero-order valence-corrected chi connectivity index (χ0v) is 29.1. The highest BCUT2D eigenvalue weighted by molar-refractivity contribution is 7.26. The van der Waals surface area contributed by atoms with E-state index in [0.29, 0.717) is 5.95 Å². The molecular weight excluding hydrogens is 675 g/mol. The molecule has 5 heterocycles. The summed E-state index contributed by atoms with van der Waals surface area (Å²) in [6.45, 7) is 0.